The van der Waals surface area contributed by atoms with Gasteiger partial charge in [0.25, 0.3) is 0 Å². The van der Waals surface area contributed by atoms with Crippen molar-refractivity contribution in [1.82, 2.24) is 19.8 Å². The predicted octanol–water partition coefficient (Wildman–Crippen LogP) is -2.06. The highest BCUT2D eigenvalue weighted by atomic mass is 32.2. The van der Waals surface area contributed by atoms with Gasteiger partial charge >= 0.3 is 5.97 Å². The van der Waals surface area contributed by atoms with Gasteiger partial charge in [-0.2, -0.15) is 0 Å². The number of rotatable bonds is 11. The molecule has 2 fully saturated rings. The van der Waals surface area contributed by atoms with Crippen LogP contribution >= 0.6 is 11.8 Å². The fraction of sp³-hybridized carbons (Fsp3) is 0.750. The van der Waals surface area contributed by atoms with E-state index in [2.05, 4.69) is 10.0 Å². The second kappa shape index (κ2) is 10.5. The number of carbonyl (C=O) groups excluding carboxylic acids is 2. The number of hydrogen-bond acceptors (Lipinski definition) is 9. The van der Waals surface area contributed by atoms with Crippen LogP contribution < -0.4 is 15.8 Å². The molecular formula is C20H33N5O7S2. The summed E-state index contributed by atoms with van der Waals surface area (Å²) in [5, 5.41) is 22.2. The summed E-state index contributed by atoms with van der Waals surface area (Å²) < 4.78 is 25.7. The highest BCUT2D eigenvalue weighted by Crippen LogP contribution is 2.51. The van der Waals surface area contributed by atoms with Crippen molar-refractivity contribution in [2.24, 2.45) is 17.6 Å². The number of nitrogens with one attached hydrogen (secondary N) is 2. The summed E-state index contributed by atoms with van der Waals surface area (Å²) >= 11 is 1.35. The number of aliphatic hydroxyl groups is 1. The Labute approximate surface area is 203 Å². The van der Waals surface area contributed by atoms with Crippen LogP contribution in [0.3, 0.4) is 0 Å². The molecule has 12 nitrogen and oxygen atoms in total. The van der Waals surface area contributed by atoms with E-state index in [9.17, 15) is 33.0 Å². The molecule has 0 aromatic heterocycles. The third-order valence-electron chi connectivity index (χ3n) is 6.49. The predicted molar refractivity (Wildman–Crippen MR) is 126 cm³/mol. The van der Waals surface area contributed by atoms with E-state index in [1.807, 2.05) is 6.92 Å². The van der Waals surface area contributed by atoms with Crippen LogP contribution in [0.25, 0.3) is 0 Å². The van der Waals surface area contributed by atoms with Gasteiger partial charge in [0.2, 0.25) is 21.8 Å². The molecule has 3 aliphatic rings. The lowest BCUT2D eigenvalue weighted by Crippen LogP contribution is -2.66. The first kappa shape index (κ1) is 26.9. The maximum Gasteiger partial charge on any atom is 0.353 e. The number of hydrogen-bond donors (Lipinski definition) is 5. The lowest BCUT2D eigenvalue weighted by molar-refractivity contribution is -0.157. The maximum atomic E-state index is 12.8. The van der Waals surface area contributed by atoms with Crippen molar-refractivity contribution in [3.63, 3.8) is 0 Å². The topological polar surface area (TPSA) is 182 Å². The van der Waals surface area contributed by atoms with Crippen LogP contribution in [0.15, 0.2) is 10.6 Å². The second-order valence-electron chi connectivity index (χ2n) is 8.98. The largest absolute Gasteiger partial charge is 0.477 e. The van der Waals surface area contributed by atoms with E-state index in [-0.39, 0.29) is 42.5 Å². The number of aliphatic carboxylic acids is 1. The minimum Gasteiger partial charge on any atom is -0.477 e. The van der Waals surface area contributed by atoms with Gasteiger partial charge in [-0.25, -0.2) is 17.9 Å². The van der Waals surface area contributed by atoms with Gasteiger partial charge in [-0.1, -0.05) is 6.92 Å². The Kier molecular flexibility index (Phi) is 8.30. The molecule has 3 rings (SSSR count). The molecule has 14 heteroatoms. The number of fused-ring (bicyclic) bond motifs is 1. The van der Waals surface area contributed by atoms with Crippen LogP contribution in [-0.2, 0) is 24.4 Å². The molecule has 0 saturated carbocycles. The Morgan fingerprint density at radius 2 is 2.06 bits per heavy atom. The zero-order valence-corrected chi connectivity index (χ0v) is 21.1. The summed E-state index contributed by atoms with van der Waals surface area (Å²) in [7, 11) is -3.53. The number of aliphatic hydroxyl groups excluding tert-OH is 1. The van der Waals surface area contributed by atoms with Crippen LogP contribution in [-0.4, -0.2) is 109 Å². The van der Waals surface area contributed by atoms with Gasteiger partial charge in [-0.15, -0.1) is 11.8 Å². The molecule has 0 spiro atoms. The first-order valence-electron chi connectivity index (χ1n) is 11.2. The number of amides is 2. The number of carboxylic acids is 1. The van der Waals surface area contributed by atoms with E-state index < -0.39 is 45.9 Å². The van der Waals surface area contributed by atoms with Crippen molar-refractivity contribution < 1.29 is 33.0 Å². The van der Waals surface area contributed by atoms with Crippen molar-refractivity contribution in [3.8, 4) is 0 Å². The normalized spacial score (nSPS) is 29.7. The molecule has 0 aromatic rings. The number of nitrogens with two attached hydrogens (primary N) is 1. The summed E-state index contributed by atoms with van der Waals surface area (Å²) in [6.45, 7) is 4.57. The first-order valence-corrected chi connectivity index (χ1v) is 14.0. The second-order valence-corrected chi connectivity index (χ2v) is 12.1. The van der Waals surface area contributed by atoms with Gasteiger partial charge in [0, 0.05) is 48.3 Å². The highest BCUT2D eigenvalue weighted by Gasteiger charge is 2.60. The van der Waals surface area contributed by atoms with Crippen LogP contribution in [0.1, 0.15) is 20.3 Å². The molecule has 6 N–H and O–H groups in total. The van der Waals surface area contributed by atoms with Gasteiger partial charge in [-0.05, 0) is 13.3 Å². The molecule has 6 atom stereocenters. The van der Waals surface area contributed by atoms with E-state index in [1.165, 1.54) is 21.6 Å². The number of carboxylic acid groups (broad SMARTS) is 1. The maximum absolute atomic E-state index is 12.8. The summed E-state index contributed by atoms with van der Waals surface area (Å²) in [6.07, 6.45) is 1.48. The van der Waals surface area contributed by atoms with Gasteiger partial charge in [0.15, 0.2) is 0 Å². The Hall–Kier alpha value is -1.71. The minimum absolute atomic E-state index is 0.0601. The van der Waals surface area contributed by atoms with E-state index in [1.54, 1.807) is 6.92 Å². The third-order valence-corrected chi connectivity index (χ3v) is 8.80. The molecule has 192 valence electrons. The minimum atomic E-state index is -3.53. The Bertz CT molecular complexity index is 966. The number of nitrogens with zero attached hydrogens (tertiary/aromatic N) is 2. The molecule has 0 bridgehead atoms. The Balaban J connectivity index is 1.73. The smallest absolute Gasteiger partial charge is 0.353 e. The molecular weight excluding hydrogens is 486 g/mol. The van der Waals surface area contributed by atoms with E-state index in [0.29, 0.717) is 24.4 Å². The molecule has 2 saturated heterocycles. The quantitative estimate of drug-likeness (QED) is 0.190. The summed E-state index contributed by atoms with van der Waals surface area (Å²) in [5.41, 5.74) is 5.51. The molecule has 0 radical (unpaired) electrons. The van der Waals surface area contributed by atoms with Crippen LogP contribution in [0.5, 0.6) is 0 Å². The molecule has 0 unspecified atom stereocenters. The third kappa shape index (κ3) is 5.26. The SMILES string of the molecule is C[C@@H](NS(C)(=O)=O)[C@H]1C(=O)N2C(C(=O)O)=C(S[C@@H]3CN[C@H](C(=O)N(CCN)CCO)C3)[C@H](C)[C@H]12. The van der Waals surface area contributed by atoms with Gasteiger partial charge in [0.05, 0.1) is 30.9 Å². The standard InChI is InChI=1S/C20H33N5O7S2/c1-10-15-14(11(2)23-34(3,31)32)19(28)25(15)16(20(29)30)17(10)33-12-8-13(22-9-12)18(27)24(5-4-21)6-7-26/h10-15,22-23,26H,4-9,21H2,1-3H3,(H,29,30)/t10-,11-,12+,13+,14-,15-/m1/s1. The number of carbonyl (C=O) groups is 3. The molecule has 34 heavy (non-hydrogen) atoms. The number of β-lactam (4-membered cyclic amide) rings is 1. The Morgan fingerprint density at radius 3 is 2.62 bits per heavy atom. The van der Waals surface area contributed by atoms with Crippen LogP contribution in [0, 0.1) is 11.8 Å². The van der Waals surface area contributed by atoms with Crippen molar-refractivity contribution in [1.29, 1.82) is 0 Å². The average Bonchev–Trinajstić information content (AvgIpc) is 3.28. The number of thioether (sulfide) groups is 1. The summed E-state index contributed by atoms with van der Waals surface area (Å²) in [6, 6.07) is -1.57. The monoisotopic (exact) mass is 519 g/mol. The van der Waals surface area contributed by atoms with Crippen molar-refractivity contribution in [2.75, 3.05) is 39.0 Å². The summed E-state index contributed by atoms with van der Waals surface area (Å²) in [4.78, 5) is 41.1. The fourth-order valence-electron chi connectivity index (χ4n) is 5.10. The lowest BCUT2D eigenvalue weighted by Gasteiger charge is -2.47. The van der Waals surface area contributed by atoms with Crippen molar-refractivity contribution in [2.45, 2.75) is 43.6 Å². The zero-order valence-electron chi connectivity index (χ0n) is 19.4. The fourth-order valence-corrected chi connectivity index (χ4v) is 7.40. The van der Waals surface area contributed by atoms with Crippen molar-refractivity contribution >= 4 is 39.6 Å². The molecule has 2 amide bonds. The molecule has 3 aliphatic heterocycles. The molecule has 0 aliphatic carbocycles. The zero-order chi connectivity index (χ0) is 25.4. The van der Waals surface area contributed by atoms with Gasteiger partial charge in [-0.3, -0.25) is 9.59 Å². The van der Waals surface area contributed by atoms with Gasteiger partial charge < -0.3 is 31.1 Å². The van der Waals surface area contributed by atoms with E-state index in [4.69, 9.17) is 5.73 Å². The number of sulfonamides is 1. The average molecular weight is 520 g/mol. The van der Waals surface area contributed by atoms with E-state index in [0.717, 1.165) is 6.26 Å². The summed E-state index contributed by atoms with van der Waals surface area (Å²) in [5.74, 6) is -2.72. The van der Waals surface area contributed by atoms with Crippen LogP contribution in [0.4, 0.5) is 0 Å². The van der Waals surface area contributed by atoms with Crippen molar-refractivity contribution in [3.05, 3.63) is 10.6 Å². The van der Waals surface area contributed by atoms with Gasteiger partial charge in [0.1, 0.15) is 5.70 Å². The van der Waals surface area contributed by atoms with Crippen LogP contribution in [0.2, 0.25) is 0 Å². The lowest BCUT2D eigenvalue weighted by atomic mass is 9.78. The highest BCUT2D eigenvalue weighted by molar-refractivity contribution is 8.03. The Morgan fingerprint density at radius 1 is 1.38 bits per heavy atom. The molecule has 3 heterocycles. The first-order chi connectivity index (χ1) is 15.9. The van der Waals surface area contributed by atoms with E-state index >= 15 is 0 Å². The molecule has 0 aromatic carbocycles.